The van der Waals surface area contributed by atoms with Crippen molar-refractivity contribution in [2.24, 2.45) is 0 Å². The number of aromatic nitrogens is 4. The van der Waals surface area contributed by atoms with Crippen molar-refractivity contribution in [2.75, 3.05) is 0 Å². The molecule has 0 N–H and O–H groups in total. The summed E-state index contributed by atoms with van der Waals surface area (Å²) in [6.45, 7) is 3.99. The molecule has 0 radical (unpaired) electrons. The Balaban J connectivity index is 0.00000182. The van der Waals surface area contributed by atoms with E-state index in [-0.39, 0.29) is 12.4 Å². The fraction of sp³-hybridized carbons (Fsp3) is 0.105. The lowest BCUT2D eigenvalue weighted by atomic mass is 10.0. The Hall–Kier alpha value is -2.43. The van der Waals surface area contributed by atoms with Crippen LogP contribution in [0.15, 0.2) is 54.7 Å². The minimum absolute atomic E-state index is 0. The minimum atomic E-state index is 0. The first-order valence-electron chi connectivity index (χ1n) is 7.68. The summed E-state index contributed by atoms with van der Waals surface area (Å²) in [5, 5.41) is 6.43. The Morgan fingerprint density at radius 1 is 1.00 bits per heavy atom. The summed E-state index contributed by atoms with van der Waals surface area (Å²) < 4.78 is 1.80. The number of rotatable bonds is 2. The average molecular weight is 371 g/mol. The highest BCUT2D eigenvalue weighted by Crippen LogP contribution is 2.32. The third-order valence-corrected chi connectivity index (χ3v) is 4.21. The molecule has 0 aliphatic heterocycles. The molecule has 0 unspecified atom stereocenters. The van der Waals surface area contributed by atoms with Gasteiger partial charge >= 0.3 is 0 Å². The number of hydrogen-bond donors (Lipinski definition) is 0. The van der Waals surface area contributed by atoms with E-state index in [1.165, 1.54) is 0 Å². The van der Waals surface area contributed by atoms with Gasteiger partial charge in [0.1, 0.15) is 0 Å². The van der Waals surface area contributed by atoms with Gasteiger partial charge in [-0.25, -0.2) is 9.97 Å². The number of aryl methyl sites for hydroxylation is 2. The molecule has 126 valence electrons. The molecule has 4 nitrogen and oxygen atoms in total. The number of fused-ring (bicyclic) bond motifs is 1. The highest BCUT2D eigenvalue weighted by Gasteiger charge is 2.16. The van der Waals surface area contributed by atoms with Crippen molar-refractivity contribution < 1.29 is 0 Å². The maximum Gasteiger partial charge on any atom is 0.165 e. The number of hydrogen-bond acceptors (Lipinski definition) is 3. The van der Waals surface area contributed by atoms with Crippen molar-refractivity contribution in [1.29, 1.82) is 0 Å². The van der Waals surface area contributed by atoms with Gasteiger partial charge in [0.25, 0.3) is 0 Å². The number of benzene rings is 1. The Labute approximate surface area is 156 Å². The van der Waals surface area contributed by atoms with Crippen LogP contribution in [0.5, 0.6) is 0 Å². The van der Waals surface area contributed by atoms with Crippen LogP contribution in [-0.4, -0.2) is 19.7 Å². The topological polar surface area (TPSA) is 43.6 Å². The summed E-state index contributed by atoms with van der Waals surface area (Å²) in [5.74, 6) is 0.760. The molecular formula is C19H16Cl2N4. The minimum Gasteiger partial charge on any atom is -0.237 e. The van der Waals surface area contributed by atoms with Gasteiger partial charge in [-0.15, -0.1) is 12.4 Å². The van der Waals surface area contributed by atoms with Gasteiger partial charge in [0.05, 0.1) is 11.1 Å². The van der Waals surface area contributed by atoms with E-state index in [0.717, 1.165) is 44.4 Å². The van der Waals surface area contributed by atoms with Crippen LogP contribution in [0.3, 0.4) is 0 Å². The Kier molecular flexibility index (Phi) is 4.75. The number of halogens is 2. The first-order valence-corrected chi connectivity index (χ1v) is 8.05. The molecule has 0 saturated heterocycles. The summed E-state index contributed by atoms with van der Waals surface area (Å²) >= 11 is 6.03. The van der Waals surface area contributed by atoms with Gasteiger partial charge in [0, 0.05) is 16.9 Å². The highest BCUT2D eigenvalue weighted by atomic mass is 35.5. The van der Waals surface area contributed by atoms with Gasteiger partial charge in [-0.3, -0.25) is 0 Å². The van der Waals surface area contributed by atoms with E-state index in [1.807, 2.05) is 56.3 Å². The van der Waals surface area contributed by atoms with E-state index in [0.29, 0.717) is 0 Å². The monoisotopic (exact) mass is 370 g/mol. The first-order chi connectivity index (χ1) is 11.6. The van der Waals surface area contributed by atoms with Crippen LogP contribution >= 0.6 is 24.0 Å². The smallest absolute Gasteiger partial charge is 0.165 e. The van der Waals surface area contributed by atoms with Gasteiger partial charge in [0.2, 0.25) is 0 Å². The van der Waals surface area contributed by atoms with Crippen molar-refractivity contribution in [3.8, 4) is 16.9 Å². The molecule has 0 aliphatic rings. The molecule has 0 aliphatic carbocycles. The molecule has 3 heterocycles. The zero-order valence-electron chi connectivity index (χ0n) is 13.8. The van der Waals surface area contributed by atoms with Crippen molar-refractivity contribution in [3.05, 3.63) is 71.1 Å². The molecule has 0 spiro atoms. The molecule has 0 amide bonds. The van der Waals surface area contributed by atoms with Crippen LogP contribution in [0, 0.1) is 13.8 Å². The number of pyridine rings is 2. The summed E-state index contributed by atoms with van der Waals surface area (Å²) in [7, 11) is 0. The second-order valence-corrected chi connectivity index (χ2v) is 6.14. The van der Waals surface area contributed by atoms with E-state index >= 15 is 0 Å². The number of nitrogens with zero attached hydrogens (tertiary/aromatic N) is 4. The van der Waals surface area contributed by atoms with Crippen LogP contribution in [0.2, 0.25) is 5.02 Å². The summed E-state index contributed by atoms with van der Waals surface area (Å²) in [6, 6.07) is 15.7. The van der Waals surface area contributed by atoms with Crippen molar-refractivity contribution in [3.63, 3.8) is 0 Å². The molecule has 4 aromatic rings. The second-order valence-electron chi connectivity index (χ2n) is 5.70. The molecule has 25 heavy (non-hydrogen) atoms. The van der Waals surface area contributed by atoms with Crippen LogP contribution in [-0.2, 0) is 0 Å². The van der Waals surface area contributed by atoms with Crippen LogP contribution < -0.4 is 0 Å². The summed E-state index contributed by atoms with van der Waals surface area (Å²) in [4.78, 5) is 9.11. The Morgan fingerprint density at radius 2 is 1.76 bits per heavy atom. The average Bonchev–Trinajstić information content (AvgIpc) is 2.92. The predicted molar refractivity (Wildman–Crippen MR) is 104 cm³/mol. The van der Waals surface area contributed by atoms with E-state index < -0.39 is 0 Å². The fourth-order valence-electron chi connectivity index (χ4n) is 2.91. The highest BCUT2D eigenvalue weighted by molar-refractivity contribution is 6.30. The van der Waals surface area contributed by atoms with Gasteiger partial charge in [-0.05, 0) is 55.3 Å². The second kappa shape index (κ2) is 6.82. The fourth-order valence-corrected chi connectivity index (χ4v) is 3.04. The maximum atomic E-state index is 6.03. The van der Waals surface area contributed by atoms with E-state index in [2.05, 4.69) is 16.1 Å². The summed E-state index contributed by atoms with van der Waals surface area (Å²) in [5.41, 5.74) is 4.88. The largest absolute Gasteiger partial charge is 0.237 e. The zero-order chi connectivity index (χ0) is 16.7. The van der Waals surface area contributed by atoms with Gasteiger partial charge in [-0.1, -0.05) is 29.8 Å². The molecule has 0 atom stereocenters. The maximum absolute atomic E-state index is 6.03. The van der Waals surface area contributed by atoms with Crippen LogP contribution in [0.4, 0.5) is 0 Å². The molecule has 6 heteroatoms. The Morgan fingerprint density at radius 3 is 2.44 bits per heavy atom. The van der Waals surface area contributed by atoms with Crippen LogP contribution in [0.1, 0.15) is 11.4 Å². The van der Waals surface area contributed by atoms with Gasteiger partial charge in [0.15, 0.2) is 11.5 Å². The molecule has 4 rings (SSSR count). The predicted octanol–water partition coefficient (Wildman–Crippen LogP) is 5.17. The van der Waals surface area contributed by atoms with Gasteiger partial charge < -0.3 is 0 Å². The molecule has 0 fully saturated rings. The molecule has 0 bridgehead atoms. The zero-order valence-corrected chi connectivity index (χ0v) is 15.3. The van der Waals surface area contributed by atoms with E-state index in [9.17, 15) is 0 Å². The van der Waals surface area contributed by atoms with Crippen molar-refractivity contribution >= 4 is 35.0 Å². The SMILES string of the molecule is Cc1cc(-c2ccc(Cl)cc2)c2c(C)nn(-c3ccccn3)c2n1.Cl. The lowest BCUT2D eigenvalue weighted by Gasteiger charge is -2.07. The molecule has 0 saturated carbocycles. The molecular weight excluding hydrogens is 355 g/mol. The normalized spacial score (nSPS) is 10.7. The standard InChI is InChI=1S/C19H15ClN4.ClH/c1-12-11-16(14-6-8-15(20)9-7-14)18-13(2)23-24(19(18)22-12)17-5-3-4-10-21-17;/h3-11H,1-2H3;1H. The molecule has 1 aromatic carbocycles. The third kappa shape index (κ3) is 3.11. The van der Waals surface area contributed by atoms with Crippen molar-refractivity contribution in [2.45, 2.75) is 13.8 Å². The third-order valence-electron chi connectivity index (χ3n) is 3.96. The lowest BCUT2D eigenvalue weighted by Crippen LogP contribution is -2.00. The van der Waals surface area contributed by atoms with Crippen molar-refractivity contribution in [1.82, 2.24) is 19.7 Å². The van der Waals surface area contributed by atoms with Gasteiger partial charge in [-0.2, -0.15) is 9.78 Å². The quantitative estimate of drug-likeness (QED) is 0.488. The van der Waals surface area contributed by atoms with Crippen LogP contribution in [0.25, 0.3) is 28.0 Å². The Bertz CT molecular complexity index is 1020. The summed E-state index contributed by atoms with van der Waals surface area (Å²) in [6.07, 6.45) is 1.76. The first kappa shape index (κ1) is 17.4. The molecule has 3 aromatic heterocycles. The van der Waals surface area contributed by atoms with E-state index in [1.54, 1.807) is 10.9 Å². The lowest BCUT2D eigenvalue weighted by molar-refractivity contribution is 0.845. The van der Waals surface area contributed by atoms with E-state index in [4.69, 9.17) is 16.6 Å².